The molecule has 2 aliphatic carbocycles. The van der Waals surface area contributed by atoms with Crippen molar-refractivity contribution in [3.8, 4) is 22.4 Å². The zero-order chi connectivity index (χ0) is 20.1. The summed E-state index contributed by atoms with van der Waals surface area (Å²) in [6.07, 6.45) is 9.50. The molecule has 0 saturated heterocycles. The molecule has 0 fully saturated rings. The van der Waals surface area contributed by atoms with Crippen molar-refractivity contribution in [3.63, 3.8) is 0 Å². The Kier molecular flexibility index (Phi) is 2.72. The van der Waals surface area contributed by atoms with Crippen LogP contribution in [0.1, 0.15) is 22.4 Å². The van der Waals surface area contributed by atoms with Crippen LogP contribution in [0, 0.1) is 0 Å². The lowest BCUT2D eigenvalue weighted by Gasteiger charge is -2.11. The number of rotatable bonds is 0. The molecule has 4 nitrogen and oxygen atoms in total. The van der Waals surface area contributed by atoms with Crippen molar-refractivity contribution < 1.29 is 0 Å². The van der Waals surface area contributed by atoms with Gasteiger partial charge in [-0.05, 0) is 52.4 Å². The van der Waals surface area contributed by atoms with Crippen molar-refractivity contribution in [2.45, 2.75) is 12.8 Å². The summed E-state index contributed by atoms with van der Waals surface area (Å²) >= 11 is 0. The van der Waals surface area contributed by atoms with Gasteiger partial charge in [-0.3, -0.25) is 14.4 Å². The third kappa shape index (κ3) is 1.88. The summed E-state index contributed by atoms with van der Waals surface area (Å²) < 4.78 is 2.34. The molecular weight excluding hydrogens is 380 g/mol. The van der Waals surface area contributed by atoms with Gasteiger partial charge in [-0.15, -0.1) is 0 Å². The fourth-order valence-corrected chi connectivity index (χ4v) is 5.66. The van der Waals surface area contributed by atoms with Crippen molar-refractivity contribution in [2.24, 2.45) is 0 Å². The van der Waals surface area contributed by atoms with Crippen LogP contribution >= 0.6 is 0 Å². The summed E-state index contributed by atoms with van der Waals surface area (Å²) in [6, 6.07) is 17.8. The Bertz CT molecular complexity index is 1740. The summed E-state index contributed by atoms with van der Waals surface area (Å²) in [5.41, 5.74) is 12.8. The molecule has 0 N–H and O–H groups in total. The molecule has 144 valence electrons. The Morgan fingerprint density at radius 3 is 2.48 bits per heavy atom. The number of fused-ring (bicyclic) bond motifs is 13. The molecule has 0 amide bonds. The van der Waals surface area contributed by atoms with Crippen molar-refractivity contribution in [2.75, 3.05) is 0 Å². The first-order chi connectivity index (χ1) is 15.4. The van der Waals surface area contributed by atoms with Crippen LogP contribution in [-0.2, 0) is 12.8 Å². The quantitative estimate of drug-likeness (QED) is 0.315. The van der Waals surface area contributed by atoms with Crippen LogP contribution in [0.3, 0.4) is 0 Å². The predicted molar refractivity (Wildman–Crippen MR) is 122 cm³/mol. The van der Waals surface area contributed by atoms with Gasteiger partial charge in [0, 0.05) is 52.9 Å². The Morgan fingerprint density at radius 2 is 1.52 bits per heavy atom. The molecule has 0 spiro atoms. The maximum atomic E-state index is 5.15. The van der Waals surface area contributed by atoms with Gasteiger partial charge in [-0.1, -0.05) is 30.3 Å². The smallest absolute Gasteiger partial charge is 0.146 e. The van der Waals surface area contributed by atoms with Gasteiger partial charge in [0.05, 0.1) is 16.9 Å². The average molecular weight is 396 g/mol. The SMILES string of the molecule is c1ccc2c(c1)Cc1cc3c(cc1-2)-c1c(nc2c4ccncc4c4cnccc4n12)C3. The molecule has 4 aromatic heterocycles. The number of hydrogen-bond donors (Lipinski definition) is 0. The summed E-state index contributed by atoms with van der Waals surface area (Å²) in [4.78, 5) is 13.9. The summed E-state index contributed by atoms with van der Waals surface area (Å²) in [5.74, 6) is 0. The Balaban J connectivity index is 1.52. The second kappa shape index (κ2) is 5.35. The van der Waals surface area contributed by atoms with Crippen molar-refractivity contribution in [1.29, 1.82) is 0 Å². The summed E-state index contributed by atoms with van der Waals surface area (Å²) in [7, 11) is 0. The van der Waals surface area contributed by atoms with Crippen molar-refractivity contribution in [3.05, 3.63) is 95.7 Å². The second-order valence-corrected chi connectivity index (χ2v) is 8.56. The molecule has 31 heavy (non-hydrogen) atoms. The van der Waals surface area contributed by atoms with Gasteiger partial charge >= 0.3 is 0 Å². The van der Waals surface area contributed by atoms with E-state index in [1.807, 2.05) is 24.8 Å². The molecule has 4 heterocycles. The topological polar surface area (TPSA) is 43.1 Å². The fourth-order valence-electron chi connectivity index (χ4n) is 5.66. The van der Waals surface area contributed by atoms with Gasteiger partial charge in [0.25, 0.3) is 0 Å². The molecule has 8 rings (SSSR count). The standard InChI is InChI=1S/C27H16N4/c1-2-4-18-15(3-1)9-16-10-17-11-24-26(21(17)12-20(16)18)31-25-6-8-29-14-23(25)22-13-28-7-5-19(22)27(31)30-24/h1-8,10,12-14H,9,11H2. The highest BCUT2D eigenvalue weighted by atomic mass is 15.0. The highest BCUT2D eigenvalue weighted by Crippen LogP contribution is 2.46. The second-order valence-electron chi connectivity index (χ2n) is 8.56. The molecule has 0 bridgehead atoms. The number of hydrogen-bond acceptors (Lipinski definition) is 3. The lowest BCUT2D eigenvalue weighted by atomic mass is 9.99. The average Bonchev–Trinajstić information content (AvgIpc) is 3.47. The normalized spacial score (nSPS) is 13.5. The van der Waals surface area contributed by atoms with Gasteiger partial charge in [-0.25, -0.2) is 4.98 Å². The highest BCUT2D eigenvalue weighted by molar-refractivity contribution is 6.12. The predicted octanol–water partition coefficient (Wildman–Crippen LogP) is 5.57. The van der Waals surface area contributed by atoms with E-state index in [1.165, 1.54) is 39.1 Å². The number of imidazole rings is 1. The van der Waals surface area contributed by atoms with Crippen molar-refractivity contribution in [1.82, 2.24) is 19.4 Å². The van der Waals surface area contributed by atoms with E-state index in [9.17, 15) is 0 Å². The lowest BCUT2D eigenvalue weighted by molar-refractivity contribution is 1.15. The number of aromatic nitrogens is 4. The third-order valence-electron chi connectivity index (χ3n) is 6.97. The molecule has 4 heteroatoms. The first kappa shape index (κ1) is 15.7. The fraction of sp³-hybridized carbons (Fsp3) is 0.0741. The molecule has 2 aliphatic rings. The molecule has 0 unspecified atom stereocenters. The molecule has 2 aromatic carbocycles. The molecule has 0 aliphatic heterocycles. The number of pyridine rings is 3. The lowest BCUT2D eigenvalue weighted by Crippen LogP contribution is -1.95. The maximum absolute atomic E-state index is 5.15. The largest absolute Gasteiger partial charge is 0.291 e. The first-order valence-electron chi connectivity index (χ1n) is 10.6. The van der Waals surface area contributed by atoms with E-state index in [2.05, 4.69) is 62.9 Å². The van der Waals surface area contributed by atoms with Crippen LogP contribution in [0.25, 0.3) is 49.7 Å². The van der Waals surface area contributed by atoms with Crippen molar-refractivity contribution >= 4 is 27.3 Å². The van der Waals surface area contributed by atoms with E-state index < -0.39 is 0 Å². The van der Waals surface area contributed by atoms with Crippen LogP contribution in [0.2, 0.25) is 0 Å². The van der Waals surface area contributed by atoms with E-state index in [1.54, 1.807) is 0 Å². The van der Waals surface area contributed by atoms with Gasteiger partial charge in [0.2, 0.25) is 0 Å². The van der Waals surface area contributed by atoms with Gasteiger partial charge < -0.3 is 0 Å². The van der Waals surface area contributed by atoms with Crippen LogP contribution in [0.15, 0.2) is 73.3 Å². The molecule has 6 aromatic rings. The van der Waals surface area contributed by atoms with Gasteiger partial charge in [0.15, 0.2) is 0 Å². The van der Waals surface area contributed by atoms with E-state index in [0.717, 1.165) is 45.9 Å². The Hall–Kier alpha value is -4.05. The molecular formula is C27H16N4. The number of benzene rings is 2. The van der Waals surface area contributed by atoms with Gasteiger partial charge in [-0.2, -0.15) is 0 Å². The van der Waals surface area contributed by atoms with E-state index >= 15 is 0 Å². The highest BCUT2D eigenvalue weighted by Gasteiger charge is 2.29. The number of nitrogens with zero attached hydrogens (tertiary/aromatic N) is 4. The van der Waals surface area contributed by atoms with Crippen LogP contribution in [-0.4, -0.2) is 19.4 Å². The summed E-state index contributed by atoms with van der Waals surface area (Å²) in [5, 5.41) is 3.33. The molecule has 0 saturated carbocycles. The minimum Gasteiger partial charge on any atom is -0.291 e. The Morgan fingerprint density at radius 1 is 0.677 bits per heavy atom. The van der Waals surface area contributed by atoms with Crippen LogP contribution in [0.5, 0.6) is 0 Å². The molecule has 0 atom stereocenters. The van der Waals surface area contributed by atoms with Crippen LogP contribution in [0.4, 0.5) is 0 Å². The first-order valence-corrected chi connectivity index (χ1v) is 10.6. The zero-order valence-corrected chi connectivity index (χ0v) is 16.6. The van der Waals surface area contributed by atoms with E-state index in [-0.39, 0.29) is 0 Å². The van der Waals surface area contributed by atoms with Crippen LogP contribution < -0.4 is 0 Å². The van der Waals surface area contributed by atoms with E-state index in [0.29, 0.717) is 0 Å². The maximum Gasteiger partial charge on any atom is 0.146 e. The third-order valence-corrected chi connectivity index (χ3v) is 6.97. The van der Waals surface area contributed by atoms with E-state index in [4.69, 9.17) is 4.98 Å². The minimum atomic E-state index is 0.884. The van der Waals surface area contributed by atoms with Gasteiger partial charge in [0.1, 0.15) is 5.65 Å². The minimum absolute atomic E-state index is 0.884. The molecule has 0 radical (unpaired) electrons. The summed E-state index contributed by atoms with van der Waals surface area (Å²) in [6.45, 7) is 0. The Labute approximate surface area is 177 Å². The monoisotopic (exact) mass is 396 g/mol. The zero-order valence-electron chi connectivity index (χ0n) is 16.6.